The molecule has 0 spiro atoms. The molecule has 0 N–H and O–H groups in total. The lowest BCUT2D eigenvalue weighted by Gasteiger charge is -1.99. The quantitative estimate of drug-likeness (QED) is 0.391. The van der Waals surface area contributed by atoms with Gasteiger partial charge in [-0.05, 0) is 19.1 Å². The lowest BCUT2D eigenvalue weighted by atomic mass is 10.2. The highest BCUT2D eigenvalue weighted by atomic mass is 32.2. The van der Waals surface area contributed by atoms with Gasteiger partial charge in [0.05, 0.1) is 17.9 Å². The first-order valence-corrected chi connectivity index (χ1v) is 5.53. The Labute approximate surface area is 82.4 Å². The Kier molecular flexibility index (Phi) is 6.03. The molecule has 0 aliphatic rings. The van der Waals surface area contributed by atoms with Crippen molar-refractivity contribution in [1.82, 2.24) is 0 Å². The average Bonchev–Trinajstić information content (AvgIpc) is 2.04. The van der Waals surface area contributed by atoms with Crippen LogP contribution in [0.25, 0.3) is 0 Å². The Balaban J connectivity index is 4.28. The van der Waals surface area contributed by atoms with Gasteiger partial charge < -0.3 is 4.55 Å². The maximum absolute atomic E-state index is 10.7. The summed E-state index contributed by atoms with van der Waals surface area (Å²) >= 11 is -0.886. The van der Waals surface area contributed by atoms with Gasteiger partial charge in [-0.1, -0.05) is 29.4 Å². The fourth-order valence-electron chi connectivity index (χ4n) is 0.590. The summed E-state index contributed by atoms with van der Waals surface area (Å²) < 4.78 is 10.7. The first-order valence-electron chi connectivity index (χ1n) is 3.80. The average molecular weight is 195 g/mol. The van der Waals surface area contributed by atoms with Crippen molar-refractivity contribution in [2.75, 3.05) is 12.0 Å². The molecule has 0 aliphatic heterocycles. The maximum atomic E-state index is 10.7. The second kappa shape index (κ2) is 6.53. The van der Waals surface area contributed by atoms with Gasteiger partial charge in [0.1, 0.15) is 5.75 Å². The summed E-state index contributed by atoms with van der Waals surface area (Å²) in [7, 11) is 0. The van der Waals surface area contributed by atoms with Crippen molar-refractivity contribution >= 4 is 11.2 Å². The molecule has 0 aromatic rings. The molecule has 0 radical (unpaired) electrons. The van der Waals surface area contributed by atoms with Gasteiger partial charge >= 0.3 is 0 Å². The van der Waals surface area contributed by atoms with Crippen LogP contribution >= 0.6 is 0 Å². The third kappa shape index (κ3) is 7.38. The van der Waals surface area contributed by atoms with Gasteiger partial charge in [0.15, 0.2) is 0 Å². The minimum atomic E-state index is -0.886. The monoisotopic (exact) mass is 195 g/mol. The molecule has 0 amide bonds. The minimum absolute atomic E-state index is 0.420. The second-order valence-electron chi connectivity index (χ2n) is 2.69. The van der Waals surface area contributed by atoms with Crippen molar-refractivity contribution in [1.29, 1.82) is 5.26 Å². The molecule has 0 saturated carbocycles. The van der Waals surface area contributed by atoms with Gasteiger partial charge in [-0.2, -0.15) is 5.26 Å². The standard InChI is InChI=1S/C10H13NOS/c1-9(2)4-5-10(8-11)6-7-13(3)12/h4-6H,1,7H2,2-3H3/b5-4-,10-6+. The van der Waals surface area contributed by atoms with Crippen LogP contribution in [0.2, 0.25) is 0 Å². The van der Waals surface area contributed by atoms with Crippen molar-refractivity contribution in [3.63, 3.8) is 0 Å². The van der Waals surface area contributed by atoms with E-state index < -0.39 is 11.2 Å². The SMILES string of the molecule is C=C(C)/C=C\C(C#N)=C/C[S+](C)[O-]. The van der Waals surface area contributed by atoms with Gasteiger partial charge in [-0.3, -0.25) is 0 Å². The zero-order valence-corrected chi connectivity index (χ0v) is 8.73. The number of nitriles is 1. The summed E-state index contributed by atoms with van der Waals surface area (Å²) in [5, 5.41) is 8.65. The fraction of sp³-hybridized carbons (Fsp3) is 0.300. The number of nitrogens with zero attached hydrogens (tertiary/aromatic N) is 1. The molecular weight excluding hydrogens is 182 g/mol. The van der Waals surface area contributed by atoms with Gasteiger partial charge in [0.2, 0.25) is 0 Å². The summed E-state index contributed by atoms with van der Waals surface area (Å²) in [6.07, 6.45) is 6.70. The molecule has 3 heteroatoms. The highest BCUT2D eigenvalue weighted by Crippen LogP contribution is 1.99. The smallest absolute Gasteiger partial charge is 0.125 e. The molecule has 0 fully saturated rings. The first kappa shape index (κ1) is 12.0. The van der Waals surface area contributed by atoms with E-state index in [1.54, 1.807) is 24.5 Å². The van der Waals surface area contributed by atoms with E-state index in [0.717, 1.165) is 5.57 Å². The number of allylic oxidation sites excluding steroid dienone is 4. The molecule has 0 aliphatic carbocycles. The molecule has 2 nitrogen and oxygen atoms in total. The highest BCUT2D eigenvalue weighted by molar-refractivity contribution is 7.90. The van der Waals surface area contributed by atoms with E-state index in [2.05, 4.69) is 6.58 Å². The molecule has 0 saturated heterocycles. The lowest BCUT2D eigenvalue weighted by molar-refractivity contribution is 0.603. The van der Waals surface area contributed by atoms with E-state index in [0.29, 0.717) is 11.3 Å². The molecule has 1 unspecified atom stereocenters. The van der Waals surface area contributed by atoms with Crippen LogP contribution in [0.4, 0.5) is 0 Å². The van der Waals surface area contributed by atoms with Crippen molar-refractivity contribution < 1.29 is 4.55 Å². The normalized spacial score (nSPS) is 14.2. The number of rotatable bonds is 4. The second-order valence-corrected chi connectivity index (χ2v) is 4.17. The van der Waals surface area contributed by atoms with Crippen molar-refractivity contribution in [2.24, 2.45) is 0 Å². The Bertz CT molecular complexity index is 271. The van der Waals surface area contributed by atoms with Crippen LogP contribution < -0.4 is 0 Å². The zero-order chi connectivity index (χ0) is 10.3. The summed E-state index contributed by atoms with van der Waals surface area (Å²) in [5.74, 6) is 0.420. The van der Waals surface area contributed by atoms with E-state index >= 15 is 0 Å². The van der Waals surface area contributed by atoms with Crippen LogP contribution in [0.1, 0.15) is 6.92 Å². The Morgan fingerprint density at radius 1 is 1.62 bits per heavy atom. The van der Waals surface area contributed by atoms with Crippen molar-refractivity contribution in [3.05, 3.63) is 36.0 Å². The van der Waals surface area contributed by atoms with Crippen molar-refractivity contribution in [3.8, 4) is 6.07 Å². The van der Waals surface area contributed by atoms with E-state index in [9.17, 15) is 4.55 Å². The Morgan fingerprint density at radius 3 is 2.62 bits per heavy atom. The predicted molar refractivity (Wildman–Crippen MR) is 56.6 cm³/mol. The molecule has 0 heterocycles. The lowest BCUT2D eigenvalue weighted by Crippen LogP contribution is -2.00. The first-order chi connectivity index (χ1) is 6.06. The van der Waals surface area contributed by atoms with Gasteiger partial charge in [0, 0.05) is 0 Å². The molecule has 0 bridgehead atoms. The summed E-state index contributed by atoms with van der Waals surface area (Å²) in [6, 6.07) is 2.01. The van der Waals surface area contributed by atoms with E-state index in [1.165, 1.54) is 0 Å². The van der Waals surface area contributed by atoms with Crippen molar-refractivity contribution in [2.45, 2.75) is 6.92 Å². The molecule has 70 valence electrons. The Morgan fingerprint density at radius 2 is 2.23 bits per heavy atom. The third-order valence-corrected chi connectivity index (χ3v) is 1.85. The molecule has 0 aromatic heterocycles. The van der Waals surface area contributed by atoms with Crippen LogP contribution in [0.15, 0.2) is 36.0 Å². The van der Waals surface area contributed by atoms with E-state index in [1.807, 2.05) is 13.0 Å². The Hall–Kier alpha value is -0.980. The molecule has 0 aromatic carbocycles. The summed E-state index contributed by atoms with van der Waals surface area (Å²) in [6.45, 7) is 5.52. The van der Waals surface area contributed by atoms with E-state index in [4.69, 9.17) is 5.26 Å². The summed E-state index contributed by atoms with van der Waals surface area (Å²) in [5.41, 5.74) is 1.41. The van der Waals surface area contributed by atoms with Crippen LogP contribution in [0, 0.1) is 11.3 Å². The topological polar surface area (TPSA) is 46.8 Å². The van der Waals surface area contributed by atoms with Gasteiger partial charge in [-0.25, -0.2) is 0 Å². The highest BCUT2D eigenvalue weighted by Gasteiger charge is 1.94. The molecule has 1 atom stereocenters. The molecule has 13 heavy (non-hydrogen) atoms. The minimum Gasteiger partial charge on any atom is -0.616 e. The third-order valence-electron chi connectivity index (χ3n) is 1.21. The summed E-state index contributed by atoms with van der Waals surface area (Å²) in [4.78, 5) is 0. The molecule has 0 rings (SSSR count). The maximum Gasteiger partial charge on any atom is 0.125 e. The van der Waals surface area contributed by atoms with Gasteiger partial charge in [-0.15, -0.1) is 0 Å². The largest absolute Gasteiger partial charge is 0.616 e. The van der Waals surface area contributed by atoms with Crippen LogP contribution in [-0.4, -0.2) is 16.6 Å². The van der Waals surface area contributed by atoms with Crippen LogP contribution in [0.5, 0.6) is 0 Å². The molecular formula is C10H13NOS. The van der Waals surface area contributed by atoms with E-state index in [-0.39, 0.29) is 0 Å². The van der Waals surface area contributed by atoms with Crippen LogP contribution in [-0.2, 0) is 11.2 Å². The number of hydrogen-bond donors (Lipinski definition) is 0. The zero-order valence-electron chi connectivity index (χ0n) is 7.91. The van der Waals surface area contributed by atoms with Gasteiger partial charge in [0.25, 0.3) is 0 Å². The number of hydrogen-bond acceptors (Lipinski definition) is 2. The predicted octanol–water partition coefficient (Wildman–Crippen LogP) is 1.95. The fourth-order valence-corrected chi connectivity index (χ4v) is 1.00. The van der Waals surface area contributed by atoms with Crippen LogP contribution in [0.3, 0.4) is 0 Å².